The number of methoxy groups -OCH3 is 1. The van der Waals surface area contributed by atoms with E-state index in [2.05, 4.69) is 0 Å². The Kier molecular flexibility index (Phi) is 4.35. The van der Waals surface area contributed by atoms with Crippen molar-refractivity contribution in [2.75, 3.05) is 13.9 Å². The Morgan fingerprint density at radius 1 is 1.15 bits per heavy atom. The van der Waals surface area contributed by atoms with Gasteiger partial charge in [-0.15, -0.1) is 0 Å². The summed E-state index contributed by atoms with van der Waals surface area (Å²) < 4.78 is 22.5. The van der Waals surface area contributed by atoms with Crippen LogP contribution in [-0.2, 0) is 14.0 Å². The van der Waals surface area contributed by atoms with Crippen LogP contribution in [-0.4, -0.2) is 32.2 Å². The summed E-state index contributed by atoms with van der Waals surface area (Å²) >= 11 is 6.19. The number of ether oxygens (including phenoxy) is 2. The quantitative estimate of drug-likeness (QED) is 0.632. The minimum absolute atomic E-state index is 0.121. The Hall–Kier alpha value is -0.745. The molecule has 0 atom stereocenters. The van der Waals surface area contributed by atoms with E-state index in [0.717, 1.165) is 5.46 Å². The average molecular weight is 299 g/mol. The zero-order valence-electron chi connectivity index (χ0n) is 12.5. The molecule has 1 fully saturated rings. The lowest BCUT2D eigenvalue weighted by molar-refractivity contribution is 0.00578. The van der Waals surface area contributed by atoms with Crippen LogP contribution in [0.4, 0.5) is 0 Å². The molecular weight excluding hydrogens is 278 g/mol. The van der Waals surface area contributed by atoms with Crippen molar-refractivity contribution in [2.24, 2.45) is 0 Å². The molecular formula is C14H20BClO4. The molecule has 1 aromatic carbocycles. The van der Waals surface area contributed by atoms with E-state index in [-0.39, 0.29) is 6.79 Å². The number of benzene rings is 1. The van der Waals surface area contributed by atoms with Crippen LogP contribution in [0.25, 0.3) is 0 Å². The van der Waals surface area contributed by atoms with Crippen molar-refractivity contribution in [3.8, 4) is 5.75 Å². The third kappa shape index (κ3) is 2.81. The molecule has 1 aliphatic rings. The first-order valence-corrected chi connectivity index (χ1v) is 6.92. The molecule has 2 rings (SSSR count). The lowest BCUT2D eigenvalue weighted by atomic mass is 9.78. The number of halogens is 1. The molecule has 1 aromatic rings. The third-order valence-electron chi connectivity index (χ3n) is 3.83. The maximum Gasteiger partial charge on any atom is 0.498 e. The average Bonchev–Trinajstić information content (AvgIpc) is 2.56. The number of hydrogen-bond acceptors (Lipinski definition) is 4. The van der Waals surface area contributed by atoms with Gasteiger partial charge in [0, 0.05) is 12.6 Å². The van der Waals surface area contributed by atoms with Crippen LogP contribution in [0.1, 0.15) is 27.7 Å². The van der Waals surface area contributed by atoms with E-state index < -0.39 is 18.3 Å². The maximum atomic E-state index is 6.19. The second kappa shape index (κ2) is 5.56. The Bertz CT molecular complexity index is 474. The normalized spacial score (nSPS) is 20.2. The fourth-order valence-corrected chi connectivity index (χ4v) is 2.19. The van der Waals surface area contributed by atoms with E-state index in [9.17, 15) is 0 Å². The van der Waals surface area contributed by atoms with Crippen LogP contribution in [0.2, 0.25) is 5.02 Å². The molecule has 0 saturated carbocycles. The molecule has 4 nitrogen and oxygen atoms in total. The van der Waals surface area contributed by atoms with Crippen molar-refractivity contribution in [1.82, 2.24) is 0 Å². The monoisotopic (exact) mass is 298 g/mol. The van der Waals surface area contributed by atoms with E-state index >= 15 is 0 Å². The second-order valence-electron chi connectivity index (χ2n) is 5.80. The first-order valence-electron chi connectivity index (χ1n) is 6.54. The maximum absolute atomic E-state index is 6.19. The Labute approximate surface area is 125 Å². The van der Waals surface area contributed by atoms with Crippen LogP contribution in [0.5, 0.6) is 5.75 Å². The highest BCUT2D eigenvalue weighted by Gasteiger charge is 2.52. The fraction of sp³-hybridized carbons (Fsp3) is 0.571. The molecule has 0 bridgehead atoms. The molecule has 1 aliphatic heterocycles. The summed E-state index contributed by atoms with van der Waals surface area (Å²) in [6.45, 7) is 8.15. The second-order valence-corrected chi connectivity index (χ2v) is 6.20. The zero-order valence-corrected chi connectivity index (χ0v) is 13.3. The van der Waals surface area contributed by atoms with Gasteiger partial charge in [0.25, 0.3) is 0 Å². The van der Waals surface area contributed by atoms with E-state index in [1.165, 1.54) is 0 Å². The molecule has 0 spiro atoms. The molecule has 110 valence electrons. The molecule has 20 heavy (non-hydrogen) atoms. The fourth-order valence-electron chi connectivity index (χ4n) is 1.95. The first kappa shape index (κ1) is 15.6. The molecule has 0 unspecified atom stereocenters. The van der Waals surface area contributed by atoms with Gasteiger partial charge >= 0.3 is 7.12 Å². The van der Waals surface area contributed by atoms with Crippen LogP contribution in [0.3, 0.4) is 0 Å². The van der Waals surface area contributed by atoms with Crippen LogP contribution in [0, 0.1) is 0 Å². The van der Waals surface area contributed by atoms with Gasteiger partial charge in [-0.05, 0) is 33.8 Å². The first-order chi connectivity index (χ1) is 9.28. The van der Waals surface area contributed by atoms with E-state index in [1.807, 2.05) is 39.8 Å². The zero-order chi connectivity index (χ0) is 15.0. The Morgan fingerprint density at radius 3 is 2.30 bits per heavy atom. The van der Waals surface area contributed by atoms with Gasteiger partial charge in [-0.1, -0.05) is 23.7 Å². The predicted octanol–water partition coefficient (Wildman–Crippen LogP) is 2.62. The Morgan fingerprint density at radius 2 is 1.75 bits per heavy atom. The molecule has 0 amide bonds. The van der Waals surface area contributed by atoms with Crippen LogP contribution >= 0.6 is 11.6 Å². The minimum atomic E-state index is -0.509. The predicted molar refractivity (Wildman–Crippen MR) is 79.7 cm³/mol. The van der Waals surface area contributed by atoms with Gasteiger partial charge in [0.05, 0.1) is 16.2 Å². The summed E-state index contributed by atoms with van der Waals surface area (Å²) in [5, 5.41) is 0.509. The molecule has 0 aliphatic carbocycles. The van der Waals surface area contributed by atoms with E-state index in [0.29, 0.717) is 10.8 Å². The summed E-state index contributed by atoms with van der Waals surface area (Å²) in [6, 6.07) is 5.50. The van der Waals surface area contributed by atoms with Gasteiger partial charge in [0.15, 0.2) is 6.79 Å². The highest BCUT2D eigenvalue weighted by Crippen LogP contribution is 2.37. The summed E-state index contributed by atoms with van der Waals surface area (Å²) in [5.41, 5.74) is -0.0370. The largest absolute Gasteiger partial charge is 0.498 e. The van der Waals surface area contributed by atoms with E-state index in [4.69, 9.17) is 30.4 Å². The van der Waals surface area contributed by atoms with Crippen molar-refractivity contribution >= 4 is 24.2 Å². The molecule has 1 heterocycles. The van der Waals surface area contributed by atoms with Gasteiger partial charge in [-0.3, -0.25) is 0 Å². The number of para-hydroxylation sites is 1. The lowest BCUT2D eigenvalue weighted by Gasteiger charge is -2.32. The summed E-state index contributed by atoms with van der Waals surface area (Å²) in [6.07, 6.45) is 0. The smallest absolute Gasteiger partial charge is 0.466 e. The summed E-state index contributed by atoms with van der Waals surface area (Å²) in [5.74, 6) is 0.537. The standard InChI is InChI=1S/C14H20BClO4/c1-13(2)14(3,4)20-15(19-13)10-7-6-8-11(16)12(10)18-9-17-5/h6-8H,9H2,1-5H3. The third-order valence-corrected chi connectivity index (χ3v) is 4.12. The van der Waals surface area contributed by atoms with Crippen molar-refractivity contribution in [3.05, 3.63) is 23.2 Å². The lowest BCUT2D eigenvalue weighted by Crippen LogP contribution is -2.41. The minimum Gasteiger partial charge on any atom is -0.466 e. The molecule has 1 saturated heterocycles. The van der Waals surface area contributed by atoms with Gasteiger partial charge in [0.2, 0.25) is 0 Å². The van der Waals surface area contributed by atoms with Gasteiger partial charge in [-0.25, -0.2) is 0 Å². The van der Waals surface area contributed by atoms with Crippen LogP contribution < -0.4 is 10.2 Å². The number of rotatable bonds is 4. The van der Waals surface area contributed by atoms with E-state index in [1.54, 1.807) is 13.2 Å². The summed E-state index contributed by atoms with van der Waals surface area (Å²) in [4.78, 5) is 0. The molecule has 0 N–H and O–H groups in total. The van der Waals surface area contributed by atoms with Gasteiger partial charge in [0.1, 0.15) is 5.75 Å². The van der Waals surface area contributed by atoms with Crippen LogP contribution in [0.15, 0.2) is 18.2 Å². The van der Waals surface area contributed by atoms with Crippen molar-refractivity contribution < 1.29 is 18.8 Å². The molecule has 0 radical (unpaired) electrons. The highest BCUT2D eigenvalue weighted by atomic mass is 35.5. The topological polar surface area (TPSA) is 36.9 Å². The number of hydrogen-bond donors (Lipinski definition) is 0. The highest BCUT2D eigenvalue weighted by molar-refractivity contribution is 6.63. The van der Waals surface area contributed by atoms with Gasteiger partial charge in [-0.2, -0.15) is 0 Å². The van der Waals surface area contributed by atoms with Crippen molar-refractivity contribution in [1.29, 1.82) is 0 Å². The molecule has 0 aromatic heterocycles. The molecule has 6 heteroatoms. The summed E-state index contributed by atoms with van der Waals surface area (Å²) in [7, 11) is 1.05. The Balaban J connectivity index is 2.32. The van der Waals surface area contributed by atoms with Crippen molar-refractivity contribution in [3.63, 3.8) is 0 Å². The SMILES string of the molecule is COCOc1c(Cl)cccc1B1OC(C)(C)C(C)(C)O1. The van der Waals surface area contributed by atoms with Crippen molar-refractivity contribution in [2.45, 2.75) is 38.9 Å². The van der Waals surface area contributed by atoms with Gasteiger partial charge < -0.3 is 18.8 Å².